The summed E-state index contributed by atoms with van der Waals surface area (Å²) >= 11 is 0. The predicted molar refractivity (Wildman–Crippen MR) is 68.2 cm³/mol. The first-order valence-corrected chi connectivity index (χ1v) is 5.49. The second-order valence-electron chi connectivity index (χ2n) is 4.18. The highest BCUT2D eigenvalue weighted by Crippen LogP contribution is 2.21. The maximum atomic E-state index is 5.74. The van der Waals surface area contributed by atoms with E-state index in [0.717, 1.165) is 30.3 Å². The molecule has 1 fully saturated rings. The van der Waals surface area contributed by atoms with Crippen LogP contribution in [0.3, 0.4) is 0 Å². The van der Waals surface area contributed by atoms with Crippen LogP contribution in [-0.2, 0) is 0 Å². The highest BCUT2D eigenvalue weighted by molar-refractivity contribution is 5.85. The van der Waals surface area contributed by atoms with Gasteiger partial charge in [-0.3, -0.25) is 0 Å². The summed E-state index contributed by atoms with van der Waals surface area (Å²) in [4.78, 5) is 11.2. The summed E-state index contributed by atoms with van der Waals surface area (Å²) in [7, 11) is 0. The van der Waals surface area contributed by atoms with E-state index >= 15 is 0 Å². The second kappa shape index (κ2) is 5.46. The van der Waals surface area contributed by atoms with E-state index in [1.54, 1.807) is 0 Å². The van der Waals surface area contributed by atoms with Gasteiger partial charge in [-0.15, -0.1) is 12.4 Å². The van der Waals surface area contributed by atoms with Gasteiger partial charge in [-0.2, -0.15) is 0 Å². The third-order valence-corrected chi connectivity index (χ3v) is 2.88. The maximum Gasteiger partial charge on any atom is 0.226 e. The lowest BCUT2D eigenvalue weighted by Gasteiger charge is -2.23. The molecule has 0 amide bonds. The highest BCUT2D eigenvalue weighted by Gasteiger charge is 2.25. The minimum atomic E-state index is 0. The Morgan fingerprint density at radius 3 is 2.56 bits per heavy atom. The largest absolute Gasteiger partial charge is 0.337 e. The van der Waals surface area contributed by atoms with E-state index < -0.39 is 0 Å². The number of halogens is 1. The number of hydrogen-bond donors (Lipinski definition) is 1. The summed E-state index contributed by atoms with van der Waals surface area (Å²) in [5.74, 6) is 0.848. The molecule has 0 aliphatic carbocycles. The molecule has 5 heteroatoms. The summed E-state index contributed by atoms with van der Waals surface area (Å²) in [5, 5.41) is 0. The van der Waals surface area contributed by atoms with Crippen LogP contribution in [0.2, 0.25) is 0 Å². The molecule has 1 aliphatic heterocycles. The Hall–Kier alpha value is -0.870. The third-order valence-electron chi connectivity index (χ3n) is 2.88. The fourth-order valence-corrected chi connectivity index (χ4v) is 2.18. The first-order chi connectivity index (χ1) is 7.20. The summed E-state index contributed by atoms with van der Waals surface area (Å²) in [6, 6.07) is 2.42. The van der Waals surface area contributed by atoms with E-state index in [0.29, 0.717) is 12.6 Å². The van der Waals surface area contributed by atoms with Gasteiger partial charge in [0.2, 0.25) is 5.95 Å². The molecule has 2 rings (SSSR count). The summed E-state index contributed by atoms with van der Waals surface area (Å²) in [6.45, 7) is 5.73. The molecule has 0 spiro atoms. The van der Waals surface area contributed by atoms with Gasteiger partial charge >= 0.3 is 0 Å². The Labute approximate surface area is 103 Å². The molecule has 2 N–H and O–H groups in total. The molecular weight excluding hydrogens is 224 g/mol. The Morgan fingerprint density at radius 1 is 1.38 bits per heavy atom. The van der Waals surface area contributed by atoms with E-state index in [9.17, 15) is 0 Å². The van der Waals surface area contributed by atoms with Crippen molar-refractivity contribution in [3.63, 3.8) is 0 Å². The van der Waals surface area contributed by atoms with E-state index in [4.69, 9.17) is 5.73 Å². The van der Waals surface area contributed by atoms with Gasteiger partial charge in [-0.1, -0.05) is 0 Å². The monoisotopic (exact) mass is 242 g/mol. The first kappa shape index (κ1) is 13.2. The van der Waals surface area contributed by atoms with Crippen LogP contribution in [0.1, 0.15) is 24.2 Å². The maximum absolute atomic E-state index is 5.74. The molecule has 4 nitrogen and oxygen atoms in total. The van der Waals surface area contributed by atoms with Crippen molar-refractivity contribution in [1.29, 1.82) is 0 Å². The van der Waals surface area contributed by atoms with Crippen LogP contribution in [0.5, 0.6) is 0 Å². The Morgan fingerprint density at radius 2 is 2.00 bits per heavy atom. The summed E-state index contributed by atoms with van der Waals surface area (Å²) < 4.78 is 0. The average molecular weight is 243 g/mol. The van der Waals surface area contributed by atoms with E-state index in [1.807, 2.05) is 19.9 Å². The second-order valence-corrected chi connectivity index (χ2v) is 4.18. The lowest BCUT2D eigenvalue weighted by Crippen LogP contribution is -2.36. The standard InChI is InChI=1S/C11H18N4.ClH/c1-8-6-9(2)14-11(13-8)15-5-3-4-10(15)7-12;/h6,10H,3-5,7,12H2,1-2H3;1H. The molecule has 1 saturated heterocycles. The van der Waals surface area contributed by atoms with Gasteiger partial charge in [0.15, 0.2) is 0 Å². The SMILES string of the molecule is Cc1cc(C)nc(N2CCCC2CN)n1.Cl. The van der Waals surface area contributed by atoms with E-state index in [-0.39, 0.29) is 12.4 Å². The molecule has 16 heavy (non-hydrogen) atoms. The van der Waals surface area contributed by atoms with E-state index in [2.05, 4.69) is 14.9 Å². The lowest BCUT2D eigenvalue weighted by atomic mass is 10.2. The third kappa shape index (κ3) is 2.62. The zero-order valence-electron chi connectivity index (χ0n) is 9.81. The van der Waals surface area contributed by atoms with Gasteiger partial charge in [-0.25, -0.2) is 9.97 Å². The van der Waals surface area contributed by atoms with Crippen LogP contribution in [0.15, 0.2) is 6.07 Å². The van der Waals surface area contributed by atoms with Gasteiger partial charge in [0.1, 0.15) is 0 Å². The van der Waals surface area contributed by atoms with Crippen molar-refractivity contribution >= 4 is 18.4 Å². The molecule has 1 aromatic rings. The Kier molecular flexibility index (Phi) is 4.50. The molecule has 1 unspecified atom stereocenters. The Bertz CT molecular complexity index is 336. The number of aryl methyl sites for hydroxylation is 2. The van der Waals surface area contributed by atoms with Crippen LogP contribution in [0.4, 0.5) is 5.95 Å². The van der Waals surface area contributed by atoms with Crippen molar-refractivity contribution in [2.75, 3.05) is 18.0 Å². The number of anilines is 1. The topological polar surface area (TPSA) is 55.0 Å². The molecule has 90 valence electrons. The average Bonchev–Trinajstić information content (AvgIpc) is 2.63. The van der Waals surface area contributed by atoms with Crippen molar-refractivity contribution in [2.45, 2.75) is 32.7 Å². The zero-order valence-corrected chi connectivity index (χ0v) is 10.6. The van der Waals surface area contributed by atoms with Crippen LogP contribution in [0, 0.1) is 13.8 Å². The van der Waals surface area contributed by atoms with Crippen molar-refractivity contribution in [3.05, 3.63) is 17.5 Å². The number of hydrogen-bond acceptors (Lipinski definition) is 4. The molecule has 0 bridgehead atoms. The molecule has 1 atom stereocenters. The first-order valence-electron chi connectivity index (χ1n) is 5.49. The van der Waals surface area contributed by atoms with Crippen molar-refractivity contribution in [2.24, 2.45) is 5.73 Å². The molecule has 1 aliphatic rings. The van der Waals surface area contributed by atoms with Crippen LogP contribution < -0.4 is 10.6 Å². The van der Waals surface area contributed by atoms with Crippen molar-refractivity contribution in [1.82, 2.24) is 9.97 Å². The molecule has 1 aromatic heterocycles. The van der Waals surface area contributed by atoms with Crippen LogP contribution in [-0.4, -0.2) is 29.1 Å². The Balaban J connectivity index is 0.00000128. The molecular formula is C11H19ClN4. The highest BCUT2D eigenvalue weighted by atomic mass is 35.5. The van der Waals surface area contributed by atoms with Gasteiger partial charge in [-0.05, 0) is 32.8 Å². The van der Waals surface area contributed by atoms with E-state index in [1.165, 1.54) is 6.42 Å². The normalized spacial score (nSPS) is 19.7. The zero-order chi connectivity index (χ0) is 10.8. The smallest absolute Gasteiger partial charge is 0.226 e. The van der Waals surface area contributed by atoms with Gasteiger partial charge in [0, 0.05) is 30.5 Å². The molecule has 0 radical (unpaired) electrons. The number of nitrogens with zero attached hydrogens (tertiary/aromatic N) is 3. The number of aromatic nitrogens is 2. The summed E-state index contributed by atoms with van der Waals surface area (Å²) in [6.07, 6.45) is 2.35. The van der Waals surface area contributed by atoms with Gasteiger partial charge in [0.05, 0.1) is 0 Å². The molecule has 2 heterocycles. The van der Waals surface area contributed by atoms with Gasteiger partial charge in [0.25, 0.3) is 0 Å². The molecule has 0 aromatic carbocycles. The quantitative estimate of drug-likeness (QED) is 0.853. The fraction of sp³-hybridized carbons (Fsp3) is 0.636. The van der Waals surface area contributed by atoms with Gasteiger partial charge < -0.3 is 10.6 Å². The predicted octanol–water partition coefficient (Wildman–Crippen LogP) is 1.44. The van der Waals surface area contributed by atoms with Crippen molar-refractivity contribution < 1.29 is 0 Å². The summed E-state index contributed by atoms with van der Waals surface area (Å²) in [5.41, 5.74) is 7.80. The minimum absolute atomic E-state index is 0. The number of rotatable bonds is 2. The van der Waals surface area contributed by atoms with Crippen LogP contribution in [0.25, 0.3) is 0 Å². The van der Waals surface area contributed by atoms with Crippen molar-refractivity contribution in [3.8, 4) is 0 Å². The lowest BCUT2D eigenvalue weighted by molar-refractivity contribution is 0.662. The fourth-order valence-electron chi connectivity index (χ4n) is 2.18. The number of nitrogens with two attached hydrogens (primary N) is 1. The molecule has 0 saturated carbocycles. The minimum Gasteiger partial charge on any atom is -0.337 e. The van der Waals surface area contributed by atoms with Crippen LogP contribution >= 0.6 is 12.4 Å².